The molecule has 0 aromatic carbocycles. The molecule has 0 aliphatic heterocycles. The van der Waals surface area contributed by atoms with Crippen molar-refractivity contribution in [3.8, 4) is 0 Å². The largest absolute Gasteiger partial charge is 0.344 e. The first-order chi connectivity index (χ1) is 7.24. The van der Waals surface area contributed by atoms with Crippen molar-refractivity contribution in [2.75, 3.05) is 0 Å². The van der Waals surface area contributed by atoms with Gasteiger partial charge in [0.05, 0.1) is 0 Å². The first-order valence-corrected chi connectivity index (χ1v) is 7.04. The van der Waals surface area contributed by atoms with Gasteiger partial charge in [0.15, 0.2) is 0 Å². The Kier molecular flexibility index (Phi) is 13.1. The minimum absolute atomic E-state index is 0. The molecule has 0 spiro atoms. The van der Waals surface area contributed by atoms with Gasteiger partial charge in [-0.15, -0.1) is 0 Å². The molecule has 16 heavy (non-hydrogen) atoms. The molecule has 0 heterocycles. The average Bonchev–Trinajstić information content (AvgIpc) is 2.29. The number of rotatable bonds is 10. The molecule has 0 saturated heterocycles. The zero-order chi connectivity index (χ0) is 11.6. The van der Waals surface area contributed by atoms with E-state index in [4.69, 9.17) is 0 Å². The second-order valence-electron chi connectivity index (χ2n) is 5.06. The summed E-state index contributed by atoms with van der Waals surface area (Å²) < 4.78 is 0. The third-order valence-corrected chi connectivity index (χ3v) is 3.71. The lowest BCUT2D eigenvalue weighted by molar-refractivity contribution is 0.201. The predicted octanol–water partition coefficient (Wildman–Crippen LogP) is 5.93. The number of unbranched alkanes of at least 4 members (excludes halogenated alkanes) is 3. The lowest BCUT2D eigenvalue weighted by Crippen LogP contribution is -2.20. The smallest absolute Gasteiger partial charge is 0.0297 e. The lowest BCUT2D eigenvalue weighted by Gasteiger charge is -2.33. The van der Waals surface area contributed by atoms with Crippen LogP contribution in [0.5, 0.6) is 0 Å². The molecule has 0 bridgehead atoms. The Morgan fingerprint density at radius 1 is 0.750 bits per heavy atom. The second kappa shape index (κ2) is 11.4. The van der Waals surface area contributed by atoms with Gasteiger partial charge in [-0.2, -0.15) is 0 Å². The van der Waals surface area contributed by atoms with Gasteiger partial charge in [-0.3, -0.25) is 0 Å². The molecule has 0 aliphatic rings. The summed E-state index contributed by atoms with van der Waals surface area (Å²) >= 11 is 0. The zero-order valence-electron chi connectivity index (χ0n) is 12.0. The van der Waals surface area contributed by atoms with Crippen LogP contribution in [0.3, 0.4) is 0 Å². The number of hydrogen-bond donors (Lipinski definition) is 1. The van der Waals surface area contributed by atoms with Gasteiger partial charge in [0, 0.05) is 0 Å². The molecular formula is C15H34N. The van der Waals surface area contributed by atoms with E-state index in [1.807, 2.05) is 0 Å². The highest BCUT2D eigenvalue weighted by Gasteiger charge is 2.25. The normalized spacial score (nSPS) is 11.2. The minimum atomic E-state index is 0. The topological polar surface area (TPSA) is 35.0 Å². The van der Waals surface area contributed by atoms with Crippen LogP contribution in [0.1, 0.15) is 85.0 Å². The van der Waals surface area contributed by atoms with Crippen LogP contribution in [-0.4, -0.2) is 0 Å². The van der Waals surface area contributed by atoms with Gasteiger partial charge in [0.1, 0.15) is 0 Å². The summed E-state index contributed by atoms with van der Waals surface area (Å²) in [6.45, 7) is 11.1. The Bertz CT molecular complexity index is 110. The van der Waals surface area contributed by atoms with E-state index in [9.17, 15) is 0 Å². The van der Waals surface area contributed by atoms with Crippen LogP contribution in [0.15, 0.2) is 0 Å². The Balaban J connectivity index is 0. The molecule has 3 N–H and O–H groups in total. The van der Waals surface area contributed by atoms with E-state index < -0.39 is 0 Å². The summed E-state index contributed by atoms with van der Waals surface area (Å²) in [6.07, 6.45) is 13.6. The molecular weight excluding hydrogens is 194 g/mol. The highest BCUT2D eigenvalue weighted by atomic mass is 14.3. The SMILES string of the molecule is N.[CH2]CC(CCCC)(CCCC)CCCC. The van der Waals surface area contributed by atoms with Crippen LogP contribution in [-0.2, 0) is 0 Å². The van der Waals surface area contributed by atoms with Gasteiger partial charge in [-0.05, 0) is 31.1 Å². The third kappa shape index (κ3) is 7.27. The van der Waals surface area contributed by atoms with Crippen molar-refractivity contribution in [2.24, 2.45) is 5.41 Å². The van der Waals surface area contributed by atoms with Crippen molar-refractivity contribution < 1.29 is 0 Å². The van der Waals surface area contributed by atoms with Crippen molar-refractivity contribution in [3.05, 3.63) is 6.92 Å². The minimum Gasteiger partial charge on any atom is -0.344 e. The van der Waals surface area contributed by atoms with E-state index in [1.165, 1.54) is 57.8 Å². The molecule has 1 nitrogen and oxygen atoms in total. The van der Waals surface area contributed by atoms with Gasteiger partial charge in [-0.25, -0.2) is 0 Å². The van der Waals surface area contributed by atoms with Gasteiger partial charge < -0.3 is 6.15 Å². The maximum absolute atomic E-state index is 4.22. The fourth-order valence-electron chi connectivity index (χ4n) is 2.41. The second-order valence-corrected chi connectivity index (χ2v) is 5.06. The van der Waals surface area contributed by atoms with E-state index in [-0.39, 0.29) is 6.15 Å². The summed E-state index contributed by atoms with van der Waals surface area (Å²) in [6, 6.07) is 0. The molecule has 1 radical (unpaired) electrons. The fraction of sp³-hybridized carbons (Fsp3) is 0.933. The first-order valence-electron chi connectivity index (χ1n) is 7.04. The molecule has 99 valence electrons. The van der Waals surface area contributed by atoms with E-state index in [0.29, 0.717) is 5.41 Å². The maximum Gasteiger partial charge on any atom is -0.0297 e. The molecule has 0 aromatic rings. The van der Waals surface area contributed by atoms with Gasteiger partial charge >= 0.3 is 0 Å². The van der Waals surface area contributed by atoms with Crippen LogP contribution in [0.2, 0.25) is 0 Å². The molecule has 0 rings (SSSR count). The summed E-state index contributed by atoms with van der Waals surface area (Å²) in [5.74, 6) is 0. The Morgan fingerprint density at radius 3 is 1.25 bits per heavy atom. The van der Waals surface area contributed by atoms with Crippen molar-refractivity contribution in [1.82, 2.24) is 6.15 Å². The predicted molar refractivity (Wildman–Crippen MR) is 76.0 cm³/mol. The molecule has 0 unspecified atom stereocenters. The molecule has 0 saturated carbocycles. The van der Waals surface area contributed by atoms with Crippen molar-refractivity contribution in [1.29, 1.82) is 0 Å². The molecule has 0 aromatic heterocycles. The fourth-order valence-corrected chi connectivity index (χ4v) is 2.41. The van der Waals surface area contributed by atoms with Gasteiger partial charge in [0.2, 0.25) is 0 Å². The van der Waals surface area contributed by atoms with Crippen LogP contribution in [0.4, 0.5) is 0 Å². The quantitative estimate of drug-likeness (QED) is 0.494. The van der Waals surface area contributed by atoms with Gasteiger partial charge in [-0.1, -0.05) is 66.2 Å². The van der Waals surface area contributed by atoms with Crippen LogP contribution in [0, 0.1) is 12.3 Å². The molecule has 0 amide bonds. The van der Waals surface area contributed by atoms with Crippen LogP contribution < -0.4 is 6.15 Å². The Morgan fingerprint density at radius 2 is 1.06 bits per heavy atom. The van der Waals surface area contributed by atoms with Crippen molar-refractivity contribution >= 4 is 0 Å². The molecule has 0 atom stereocenters. The highest BCUT2D eigenvalue weighted by molar-refractivity contribution is 4.80. The van der Waals surface area contributed by atoms with Crippen LogP contribution in [0.25, 0.3) is 0 Å². The third-order valence-electron chi connectivity index (χ3n) is 3.71. The highest BCUT2D eigenvalue weighted by Crippen LogP contribution is 2.39. The Labute approximate surface area is 104 Å². The summed E-state index contributed by atoms with van der Waals surface area (Å²) in [5.41, 5.74) is 0.585. The summed E-state index contributed by atoms with van der Waals surface area (Å²) in [7, 11) is 0. The van der Waals surface area contributed by atoms with E-state index >= 15 is 0 Å². The monoisotopic (exact) mass is 228 g/mol. The maximum atomic E-state index is 4.22. The summed E-state index contributed by atoms with van der Waals surface area (Å²) in [4.78, 5) is 0. The summed E-state index contributed by atoms with van der Waals surface area (Å²) in [5, 5.41) is 0. The molecule has 0 fully saturated rings. The first kappa shape index (κ1) is 18.3. The van der Waals surface area contributed by atoms with E-state index in [0.717, 1.165) is 6.42 Å². The van der Waals surface area contributed by atoms with Crippen molar-refractivity contribution in [3.63, 3.8) is 0 Å². The zero-order valence-corrected chi connectivity index (χ0v) is 12.0. The van der Waals surface area contributed by atoms with E-state index in [1.54, 1.807) is 0 Å². The standard InChI is InChI=1S/C15H31.H3N/c1-5-9-12-15(8-4,13-10-6-2)14-11-7-3;/h4-14H2,1-3H3;1H3. The molecule has 0 aliphatic carbocycles. The average molecular weight is 228 g/mol. The Hall–Kier alpha value is -0.0400. The van der Waals surface area contributed by atoms with Gasteiger partial charge in [0.25, 0.3) is 0 Å². The number of hydrogen-bond acceptors (Lipinski definition) is 1. The van der Waals surface area contributed by atoms with Crippen LogP contribution >= 0.6 is 0 Å². The lowest BCUT2D eigenvalue weighted by atomic mass is 9.72. The van der Waals surface area contributed by atoms with Crippen molar-refractivity contribution in [2.45, 2.75) is 85.0 Å². The van der Waals surface area contributed by atoms with E-state index in [2.05, 4.69) is 27.7 Å². The molecule has 1 heteroatoms.